The molecule has 0 spiro atoms. The van der Waals surface area contributed by atoms with Crippen molar-refractivity contribution in [3.05, 3.63) is 65.1 Å². The SMILES string of the molecule is NC(=C(COC1CC2CC[C@@H](C1)N2c1ccc(C(=O)O)cn1)C(=O)C1CC1)c1ccccc1F. The highest BCUT2D eigenvalue weighted by Gasteiger charge is 2.42. The first kappa shape index (κ1) is 22.5. The summed E-state index contributed by atoms with van der Waals surface area (Å²) in [6.45, 7) is 0.0746. The van der Waals surface area contributed by atoms with Crippen LogP contribution in [0.1, 0.15) is 54.4 Å². The number of ether oxygens (including phenoxy) is 1. The van der Waals surface area contributed by atoms with Gasteiger partial charge in [0.05, 0.1) is 24.0 Å². The number of carboxylic acid groups (broad SMARTS) is 1. The number of hydrogen-bond acceptors (Lipinski definition) is 6. The Kier molecular flexibility index (Phi) is 6.08. The van der Waals surface area contributed by atoms with Gasteiger partial charge in [-0.2, -0.15) is 0 Å². The number of carbonyl (C=O) groups excluding carboxylic acids is 1. The molecule has 5 rings (SSSR count). The molecule has 3 N–H and O–H groups in total. The zero-order chi connectivity index (χ0) is 23.8. The number of rotatable bonds is 8. The molecule has 7 nitrogen and oxygen atoms in total. The number of nitrogens with zero attached hydrogens (tertiary/aromatic N) is 2. The maximum Gasteiger partial charge on any atom is 0.337 e. The molecule has 2 bridgehead atoms. The number of piperidine rings is 1. The number of hydrogen-bond donors (Lipinski definition) is 2. The number of benzene rings is 1. The number of aromatic nitrogens is 1. The van der Waals surface area contributed by atoms with E-state index in [1.54, 1.807) is 30.3 Å². The largest absolute Gasteiger partial charge is 0.478 e. The lowest BCUT2D eigenvalue weighted by Crippen LogP contribution is -2.46. The summed E-state index contributed by atoms with van der Waals surface area (Å²) in [5.41, 5.74) is 7.24. The summed E-state index contributed by atoms with van der Waals surface area (Å²) in [6, 6.07) is 10.1. The van der Waals surface area contributed by atoms with E-state index in [1.165, 1.54) is 12.3 Å². The van der Waals surface area contributed by atoms with Gasteiger partial charge in [-0.1, -0.05) is 12.1 Å². The van der Waals surface area contributed by atoms with E-state index in [4.69, 9.17) is 15.6 Å². The van der Waals surface area contributed by atoms with E-state index in [0.717, 1.165) is 44.3 Å². The lowest BCUT2D eigenvalue weighted by Gasteiger charge is -2.39. The van der Waals surface area contributed by atoms with Crippen molar-refractivity contribution in [1.29, 1.82) is 0 Å². The molecule has 3 atom stereocenters. The van der Waals surface area contributed by atoms with Crippen LogP contribution in [-0.4, -0.2) is 46.6 Å². The van der Waals surface area contributed by atoms with E-state index in [9.17, 15) is 14.0 Å². The highest BCUT2D eigenvalue weighted by atomic mass is 19.1. The van der Waals surface area contributed by atoms with Gasteiger partial charge in [-0.15, -0.1) is 0 Å². The van der Waals surface area contributed by atoms with Gasteiger partial charge in [-0.3, -0.25) is 4.79 Å². The van der Waals surface area contributed by atoms with Crippen molar-refractivity contribution >= 4 is 23.3 Å². The van der Waals surface area contributed by atoms with Gasteiger partial charge in [-0.05, 0) is 62.8 Å². The molecule has 34 heavy (non-hydrogen) atoms. The predicted molar refractivity (Wildman–Crippen MR) is 125 cm³/mol. The fourth-order valence-corrected chi connectivity index (χ4v) is 5.22. The molecule has 8 heteroatoms. The molecule has 2 saturated heterocycles. The number of ketones is 1. The average Bonchev–Trinajstić information content (AvgIpc) is 3.64. The van der Waals surface area contributed by atoms with Gasteiger partial charge >= 0.3 is 5.97 Å². The zero-order valence-electron chi connectivity index (χ0n) is 18.8. The van der Waals surface area contributed by atoms with Crippen molar-refractivity contribution < 1.29 is 23.8 Å². The third kappa shape index (κ3) is 4.42. The lowest BCUT2D eigenvalue weighted by molar-refractivity contribution is -0.117. The van der Waals surface area contributed by atoms with E-state index in [2.05, 4.69) is 9.88 Å². The molecule has 0 amide bonds. The van der Waals surface area contributed by atoms with Crippen LogP contribution in [0, 0.1) is 11.7 Å². The molecule has 1 aliphatic carbocycles. The van der Waals surface area contributed by atoms with Gasteiger partial charge in [-0.25, -0.2) is 14.2 Å². The molecule has 1 saturated carbocycles. The molecule has 2 aromatic rings. The van der Waals surface area contributed by atoms with Crippen LogP contribution in [0.4, 0.5) is 10.2 Å². The molecule has 2 aliphatic heterocycles. The normalized spacial score (nSPS) is 24.6. The molecule has 3 heterocycles. The number of Topliss-reactive ketones (excluding diaryl/α,β-unsaturated/α-hetero) is 1. The lowest BCUT2D eigenvalue weighted by atomic mass is 9.98. The van der Waals surface area contributed by atoms with Crippen molar-refractivity contribution in [2.45, 2.75) is 56.7 Å². The molecule has 2 unspecified atom stereocenters. The van der Waals surface area contributed by atoms with Crippen LogP contribution in [0.25, 0.3) is 5.70 Å². The van der Waals surface area contributed by atoms with Crippen molar-refractivity contribution in [3.63, 3.8) is 0 Å². The van der Waals surface area contributed by atoms with Crippen LogP contribution >= 0.6 is 0 Å². The summed E-state index contributed by atoms with van der Waals surface area (Å²) < 4.78 is 20.6. The molecule has 1 aromatic heterocycles. The first-order valence-corrected chi connectivity index (χ1v) is 11.8. The fraction of sp³-hybridized carbons (Fsp3) is 0.423. The van der Waals surface area contributed by atoms with E-state index < -0.39 is 11.8 Å². The Morgan fingerprint density at radius 1 is 1.09 bits per heavy atom. The quantitative estimate of drug-likeness (QED) is 0.572. The number of nitrogens with two attached hydrogens (primary N) is 1. The second-order valence-electron chi connectivity index (χ2n) is 9.42. The first-order valence-electron chi connectivity index (χ1n) is 11.8. The summed E-state index contributed by atoms with van der Waals surface area (Å²) in [5, 5.41) is 9.12. The van der Waals surface area contributed by atoms with Crippen LogP contribution in [0.15, 0.2) is 48.2 Å². The van der Waals surface area contributed by atoms with Gasteiger partial charge in [0.15, 0.2) is 5.78 Å². The van der Waals surface area contributed by atoms with Gasteiger partial charge in [0.25, 0.3) is 0 Å². The van der Waals surface area contributed by atoms with Gasteiger partial charge in [0.1, 0.15) is 11.6 Å². The van der Waals surface area contributed by atoms with Gasteiger partial charge in [0, 0.05) is 35.3 Å². The fourth-order valence-electron chi connectivity index (χ4n) is 5.22. The average molecular weight is 466 g/mol. The minimum absolute atomic E-state index is 0.0381. The van der Waals surface area contributed by atoms with Crippen LogP contribution in [0.2, 0.25) is 0 Å². The Balaban J connectivity index is 1.29. The van der Waals surface area contributed by atoms with Crippen LogP contribution < -0.4 is 10.6 Å². The smallest absolute Gasteiger partial charge is 0.337 e. The summed E-state index contributed by atoms with van der Waals surface area (Å²) in [5.74, 6) is -0.739. The molecule has 178 valence electrons. The minimum Gasteiger partial charge on any atom is -0.478 e. The predicted octanol–water partition coefficient (Wildman–Crippen LogP) is 3.78. The van der Waals surface area contributed by atoms with Crippen molar-refractivity contribution in [1.82, 2.24) is 4.98 Å². The van der Waals surface area contributed by atoms with E-state index >= 15 is 0 Å². The highest BCUT2D eigenvalue weighted by Crippen LogP contribution is 2.40. The molecule has 3 fully saturated rings. The number of halogens is 1. The van der Waals surface area contributed by atoms with Crippen LogP contribution in [-0.2, 0) is 9.53 Å². The summed E-state index contributed by atoms with van der Waals surface area (Å²) in [4.78, 5) is 30.7. The van der Waals surface area contributed by atoms with Crippen molar-refractivity contribution in [3.8, 4) is 0 Å². The van der Waals surface area contributed by atoms with E-state index in [0.29, 0.717) is 5.57 Å². The second-order valence-corrected chi connectivity index (χ2v) is 9.42. The Hall–Kier alpha value is -3.26. The molecule has 0 radical (unpaired) electrons. The maximum absolute atomic E-state index is 14.3. The second kappa shape index (κ2) is 9.18. The standard InChI is InChI=1S/C26H28FN3O4/c27-22-4-2-1-3-20(22)24(28)21(25(31)15-5-6-15)14-34-19-11-17-8-9-18(12-19)30(17)23-10-7-16(13-29-23)26(32)33/h1-4,7,10,13,15,17-19H,5-6,8-9,11-12,14,28H2,(H,32,33)/t17-,18?,19?/m0/s1. The monoisotopic (exact) mass is 465 g/mol. The van der Waals surface area contributed by atoms with Crippen LogP contribution in [0.3, 0.4) is 0 Å². The number of anilines is 1. The Morgan fingerprint density at radius 3 is 2.38 bits per heavy atom. The number of aromatic carboxylic acids is 1. The van der Waals surface area contributed by atoms with Crippen LogP contribution in [0.5, 0.6) is 0 Å². The zero-order valence-corrected chi connectivity index (χ0v) is 18.8. The van der Waals surface area contributed by atoms with Crippen molar-refractivity contribution in [2.75, 3.05) is 11.5 Å². The van der Waals surface area contributed by atoms with E-state index in [-0.39, 0.29) is 53.3 Å². The Bertz CT molecular complexity index is 1120. The minimum atomic E-state index is -0.992. The van der Waals surface area contributed by atoms with Gasteiger partial charge in [0.2, 0.25) is 0 Å². The summed E-state index contributed by atoms with van der Waals surface area (Å²) in [6.07, 6.45) is 6.61. The number of pyridine rings is 1. The summed E-state index contributed by atoms with van der Waals surface area (Å²) in [7, 11) is 0. The maximum atomic E-state index is 14.3. The molecular weight excluding hydrogens is 437 g/mol. The third-order valence-corrected chi connectivity index (χ3v) is 7.15. The topological polar surface area (TPSA) is 106 Å². The molecular formula is C26H28FN3O4. The molecule has 3 aliphatic rings. The Labute approximate surface area is 197 Å². The number of carbonyl (C=O) groups is 2. The Morgan fingerprint density at radius 2 is 1.79 bits per heavy atom. The van der Waals surface area contributed by atoms with E-state index in [1.807, 2.05) is 0 Å². The number of carboxylic acids is 1. The summed E-state index contributed by atoms with van der Waals surface area (Å²) >= 11 is 0. The molecule has 1 aromatic carbocycles. The third-order valence-electron chi connectivity index (χ3n) is 7.15. The van der Waals surface area contributed by atoms with Crippen molar-refractivity contribution in [2.24, 2.45) is 11.7 Å². The number of fused-ring (bicyclic) bond motifs is 2. The van der Waals surface area contributed by atoms with Gasteiger partial charge < -0.3 is 20.5 Å². The highest BCUT2D eigenvalue weighted by molar-refractivity contribution is 6.04. The first-order chi connectivity index (χ1) is 16.4.